The van der Waals surface area contributed by atoms with Crippen molar-refractivity contribution >= 4 is 44.4 Å². The Bertz CT molecular complexity index is 621. The largest absolute Gasteiger partial charge is 0.464 e. The molecule has 19 heavy (non-hydrogen) atoms. The van der Waals surface area contributed by atoms with Crippen LogP contribution in [0.3, 0.4) is 0 Å². The number of carbonyl (C=O) groups is 1. The van der Waals surface area contributed by atoms with Gasteiger partial charge in [0.1, 0.15) is 5.69 Å². The van der Waals surface area contributed by atoms with Crippen molar-refractivity contribution in [1.29, 1.82) is 0 Å². The number of ether oxygens (including phenoxy) is 1. The van der Waals surface area contributed by atoms with E-state index >= 15 is 0 Å². The van der Waals surface area contributed by atoms with Crippen LogP contribution in [-0.2, 0) is 11.2 Å². The second kappa shape index (κ2) is 5.97. The van der Waals surface area contributed by atoms with Crippen molar-refractivity contribution in [2.75, 3.05) is 7.11 Å². The molecule has 0 unspecified atom stereocenters. The number of fused-ring (bicyclic) bond motifs is 1. The monoisotopic (exact) mass is 343 g/mol. The van der Waals surface area contributed by atoms with Crippen LogP contribution in [0.5, 0.6) is 0 Å². The number of halogens is 2. The molecule has 0 amide bonds. The van der Waals surface area contributed by atoms with Gasteiger partial charge >= 0.3 is 5.97 Å². The molecular formula is C14H15BrClNO2. The molecule has 0 atom stereocenters. The number of unbranched alkanes of at least 4 members (excludes halogenated alkanes) is 1. The maximum absolute atomic E-state index is 11.9. The Morgan fingerprint density at radius 3 is 2.84 bits per heavy atom. The zero-order chi connectivity index (χ0) is 14.0. The molecule has 102 valence electrons. The van der Waals surface area contributed by atoms with E-state index in [1.54, 1.807) is 0 Å². The number of H-pyrrole nitrogens is 1. The lowest BCUT2D eigenvalue weighted by atomic mass is 10.0. The summed E-state index contributed by atoms with van der Waals surface area (Å²) in [6.07, 6.45) is 2.94. The SMILES string of the molecule is CCCCc1c(C(=O)OC)[nH]c2c(Br)c(Cl)ccc12. The number of aromatic nitrogens is 1. The highest BCUT2D eigenvalue weighted by Crippen LogP contribution is 2.34. The second-order valence-corrected chi connectivity index (χ2v) is 5.56. The number of hydrogen-bond donors (Lipinski definition) is 1. The molecule has 0 aliphatic carbocycles. The van der Waals surface area contributed by atoms with E-state index in [0.717, 1.165) is 40.2 Å². The molecule has 2 aromatic rings. The molecule has 0 aliphatic heterocycles. The highest BCUT2D eigenvalue weighted by atomic mass is 79.9. The van der Waals surface area contributed by atoms with Gasteiger partial charge in [-0.15, -0.1) is 0 Å². The summed E-state index contributed by atoms with van der Waals surface area (Å²) in [4.78, 5) is 15.0. The number of benzene rings is 1. The molecule has 0 radical (unpaired) electrons. The lowest BCUT2D eigenvalue weighted by molar-refractivity contribution is 0.0594. The summed E-state index contributed by atoms with van der Waals surface area (Å²) >= 11 is 9.54. The molecule has 0 spiro atoms. The number of rotatable bonds is 4. The fourth-order valence-electron chi connectivity index (χ4n) is 2.15. The Hall–Kier alpha value is -1.00. The first-order valence-corrected chi connectivity index (χ1v) is 7.34. The zero-order valence-electron chi connectivity index (χ0n) is 10.8. The van der Waals surface area contributed by atoms with E-state index in [0.29, 0.717) is 10.7 Å². The summed E-state index contributed by atoms with van der Waals surface area (Å²) in [5.74, 6) is -0.342. The van der Waals surface area contributed by atoms with E-state index < -0.39 is 0 Å². The molecule has 2 rings (SSSR count). The molecule has 0 aliphatic rings. The van der Waals surface area contributed by atoms with Crippen molar-refractivity contribution in [3.05, 3.63) is 32.9 Å². The summed E-state index contributed by atoms with van der Waals surface area (Å²) in [5.41, 5.74) is 2.37. The fourth-order valence-corrected chi connectivity index (χ4v) is 2.75. The van der Waals surface area contributed by atoms with Crippen LogP contribution < -0.4 is 0 Å². The molecule has 1 N–H and O–H groups in total. The molecule has 0 saturated heterocycles. The highest BCUT2D eigenvalue weighted by Gasteiger charge is 2.19. The van der Waals surface area contributed by atoms with Crippen LogP contribution in [0.25, 0.3) is 10.9 Å². The van der Waals surface area contributed by atoms with Gasteiger partial charge < -0.3 is 9.72 Å². The van der Waals surface area contributed by atoms with Crippen LogP contribution in [0.4, 0.5) is 0 Å². The van der Waals surface area contributed by atoms with Gasteiger partial charge in [0, 0.05) is 5.39 Å². The van der Waals surface area contributed by atoms with Crippen LogP contribution >= 0.6 is 27.5 Å². The Morgan fingerprint density at radius 1 is 1.47 bits per heavy atom. The smallest absolute Gasteiger partial charge is 0.354 e. The average molecular weight is 345 g/mol. The topological polar surface area (TPSA) is 42.1 Å². The van der Waals surface area contributed by atoms with Crippen molar-refractivity contribution in [2.45, 2.75) is 26.2 Å². The Labute approximate surface area is 125 Å². The molecule has 0 fully saturated rings. The maximum Gasteiger partial charge on any atom is 0.354 e. The van der Waals surface area contributed by atoms with Crippen LogP contribution in [-0.4, -0.2) is 18.1 Å². The van der Waals surface area contributed by atoms with E-state index in [1.165, 1.54) is 7.11 Å². The predicted molar refractivity (Wildman–Crippen MR) is 81.0 cm³/mol. The molecule has 3 nitrogen and oxygen atoms in total. The third-order valence-electron chi connectivity index (χ3n) is 3.14. The molecule has 0 bridgehead atoms. The van der Waals surface area contributed by atoms with Gasteiger partial charge in [0.2, 0.25) is 0 Å². The van der Waals surface area contributed by atoms with Gasteiger partial charge in [-0.05, 0) is 40.4 Å². The number of hydrogen-bond acceptors (Lipinski definition) is 2. The predicted octanol–water partition coefficient (Wildman–Crippen LogP) is 4.71. The van der Waals surface area contributed by atoms with Crippen molar-refractivity contribution in [2.24, 2.45) is 0 Å². The van der Waals surface area contributed by atoms with Gasteiger partial charge in [-0.25, -0.2) is 4.79 Å². The summed E-state index contributed by atoms with van der Waals surface area (Å²) in [5, 5.41) is 1.64. The number of methoxy groups -OCH3 is 1. The zero-order valence-corrected chi connectivity index (χ0v) is 13.2. The van der Waals surface area contributed by atoms with Gasteiger partial charge in [-0.1, -0.05) is 31.0 Å². The minimum Gasteiger partial charge on any atom is -0.464 e. The van der Waals surface area contributed by atoms with Crippen molar-refractivity contribution in [1.82, 2.24) is 4.98 Å². The van der Waals surface area contributed by atoms with Gasteiger partial charge in [0.25, 0.3) is 0 Å². The third kappa shape index (κ3) is 2.65. The van der Waals surface area contributed by atoms with Crippen molar-refractivity contribution in [3.8, 4) is 0 Å². The molecular weight excluding hydrogens is 330 g/mol. The number of aryl methyl sites for hydroxylation is 1. The first kappa shape index (κ1) is 14.4. The number of nitrogens with one attached hydrogen (secondary N) is 1. The molecule has 5 heteroatoms. The normalized spacial score (nSPS) is 10.9. The van der Waals surface area contributed by atoms with Crippen LogP contribution in [0.1, 0.15) is 35.8 Å². The summed E-state index contributed by atoms with van der Waals surface area (Å²) in [6.45, 7) is 2.12. The Morgan fingerprint density at radius 2 is 2.21 bits per heavy atom. The Kier molecular flexibility index (Phi) is 4.53. The minimum absolute atomic E-state index is 0.342. The Balaban J connectivity index is 2.65. The molecule has 1 aromatic heterocycles. The second-order valence-electron chi connectivity index (χ2n) is 4.36. The van der Waals surface area contributed by atoms with Gasteiger partial charge in [0.05, 0.1) is 22.1 Å². The van der Waals surface area contributed by atoms with Gasteiger partial charge in [0.15, 0.2) is 0 Å². The lowest BCUT2D eigenvalue weighted by Gasteiger charge is -2.02. The van der Waals surface area contributed by atoms with Crippen LogP contribution in [0.2, 0.25) is 5.02 Å². The average Bonchev–Trinajstić information content (AvgIpc) is 2.79. The molecule has 1 heterocycles. The highest BCUT2D eigenvalue weighted by molar-refractivity contribution is 9.10. The third-order valence-corrected chi connectivity index (χ3v) is 4.51. The maximum atomic E-state index is 11.9. The van der Waals surface area contributed by atoms with Crippen LogP contribution in [0.15, 0.2) is 16.6 Å². The number of esters is 1. The van der Waals surface area contributed by atoms with Gasteiger partial charge in [-0.2, -0.15) is 0 Å². The standard InChI is InChI=1S/C14H15BrClNO2/c1-3-4-5-8-9-6-7-10(16)11(15)12(9)17-13(8)14(18)19-2/h6-7,17H,3-5H2,1-2H3. The summed E-state index contributed by atoms with van der Waals surface area (Å²) in [7, 11) is 1.39. The van der Waals surface area contributed by atoms with Crippen LogP contribution in [0, 0.1) is 0 Å². The lowest BCUT2D eigenvalue weighted by Crippen LogP contribution is -2.05. The van der Waals surface area contributed by atoms with E-state index in [4.69, 9.17) is 16.3 Å². The van der Waals surface area contributed by atoms with Crippen molar-refractivity contribution in [3.63, 3.8) is 0 Å². The molecule has 1 aromatic carbocycles. The van der Waals surface area contributed by atoms with E-state index in [1.807, 2.05) is 12.1 Å². The summed E-state index contributed by atoms with van der Waals surface area (Å²) < 4.78 is 5.62. The first-order chi connectivity index (χ1) is 9.10. The quantitative estimate of drug-likeness (QED) is 0.816. The minimum atomic E-state index is -0.342. The van der Waals surface area contributed by atoms with Crippen molar-refractivity contribution < 1.29 is 9.53 Å². The fraction of sp³-hybridized carbons (Fsp3) is 0.357. The number of aromatic amines is 1. The first-order valence-electron chi connectivity index (χ1n) is 6.17. The van der Waals surface area contributed by atoms with E-state index in [-0.39, 0.29) is 5.97 Å². The van der Waals surface area contributed by atoms with E-state index in [9.17, 15) is 4.79 Å². The summed E-state index contributed by atoms with van der Waals surface area (Å²) in [6, 6.07) is 3.77. The molecule has 0 saturated carbocycles. The van der Waals surface area contributed by atoms with E-state index in [2.05, 4.69) is 27.8 Å². The number of carbonyl (C=O) groups excluding carboxylic acids is 1. The van der Waals surface area contributed by atoms with Gasteiger partial charge in [-0.3, -0.25) is 0 Å².